The zero-order valence-corrected chi connectivity index (χ0v) is 14.6. The summed E-state index contributed by atoms with van der Waals surface area (Å²) < 4.78 is 0. The Hall–Kier alpha value is -0.570. The van der Waals surface area contributed by atoms with Gasteiger partial charge in [0, 0.05) is 6.04 Å². The molecule has 2 atom stereocenters. The van der Waals surface area contributed by atoms with Crippen molar-refractivity contribution in [2.24, 2.45) is 16.7 Å². The third-order valence-electron chi connectivity index (χ3n) is 5.31. The molecular formula is C18H34N2O. The summed E-state index contributed by atoms with van der Waals surface area (Å²) in [5, 5.41) is 6.75. The van der Waals surface area contributed by atoms with Gasteiger partial charge in [0.1, 0.15) is 0 Å². The molecule has 1 amide bonds. The molecule has 1 aliphatic heterocycles. The van der Waals surface area contributed by atoms with Crippen LogP contribution in [0.3, 0.4) is 0 Å². The second kappa shape index (κ2) is 6.28. The topological polar surface area (TPSA) is 41.1 Å². The minimum Gasteiger partial charge on any atom is -0.352 e. The maximum atomic E-state index is 12.6. The Labute approximate surface area is 130 Å². The number of hydrogen-bond donors (Lipinski definition) is 2. The Morgan fingerprint density at radius 3 is 2.38 bits per heavy atom. The third kappa shape index (κ3) is 4.70. The van der Waals surface area contributed by atoms with Crippen LogP contribution in [0.15, 0.2) is 0 Å². The number of carbonyl (C=O) groups excluding carboxylic acids is 1. The van der Waals surface area contributed by atoms with Gasteiger partial charge in [-0.1, -0.05) is 41.0 Å². The van der Waals surface area contributed by atoms with Gasteiger partial charge in [0.25, 0.3) is 0 Å². The van der Waals surface area contributed by atoms with Gasteiger partial charge >= 0.3 is 0 Å². The lowest BCUT2D eigenvalue weighted by atomic mass is 9.63. The largest absolute Gasteiger partial charge is 0.352 e. The first kappa shape index (κ1) is 16.8. The highest BCUT2D eigenvalue weighted by Gasteiger charge is 2.39. The highest BCUT2D eigenvalue weighted by molar-refractivity contribution is 5.82. The van der Waals surface area contributed by atoms with Crippen LogP contribution in [-0.2, 0) is 4.79 Å². The molecule has 0 aromatic carbocycles. The van der Waals surface area contributed by atoms with Crippen molar-refractivity contribution in [2.45, 2.75) is 85.2 Å². The summed E-state index contributed by atoms with van der Waals surface area (Å²) >= 11 is 0. The zero-order valence-electron chi connectivity index (χ0n) is 14.6. The molecule has 0 aromatic rings. The molecule has 2 aliphatic rings. The Morgan fingerprint density at radius 2 is 1.81 bits per heavy atom. The molecule has 122 valence electrons. The normalized spacial score (nSPS) is 32.6. The summed E-state index contributed by atoms with van der Waals surface area (Å²) in [5.74, 6) is 0.938. The van der Waals surface area contributed by atoms with Crippen molar-refractivity contribution in [3.05, 3.63) is 0 Å². The number of piperidine rings is 1. The Kier molecular flexibility index (Phi) is 5.02. The average molecular weight is 294 g/mol. The van der Waals surface area contributed by atoms with E-state index in [9.17, 15) is 4.79 Å². The molecule has 1 heterocycles. The van der Waals surface area contributed by atoms with Crippen LogP contribution >= 0.6 is 0 Å². The van der Waals surface area contributed by atoms with E-state index in [1.165, 1.54) is 19.3 Å². The van der Waals surface area contributed by atoms with Crippen molar-refractivity contribution in [3.63, 3.8) is 0 Å². The summed E-state index contributed by atoms with van der Waals surface area (Å²) in [6, 6.07) is 0.358. The maximum Gasteiger partial charge on any atom is 0.237 e. The van der Waals surface area contributed by atoms with Gasteiger partial charge in [-0.2, -0.15) is 0 Å². The highest BCUT2D eigenvalue weighted by atomic mass is 16.2. The lowest BCUT2D eigenvalue weighted by molar-refractivity contribution is -0.125. The molecule has 0 radical (unpaired) electrons. The van der Waals surface area contributed by atoms with Gasteiger partial charge in [-0.05, 0) is 55.4 Å². The average Bonchev–Trinajstić information content (AvgIpc) is 2.35. The Morgan fingerprint density at radius 1 is 1.19 bits per heavy atom. The fourth-order valence-corrected chi connectivity index (χ4v) is 4.82. The molecule has 2 rings (SSSR count). The lowest BCUT2D eigenvalue weighted by Gasteiger charge is -2.45. The SMILES string of the molecule is CCC1CCNC(C(=O)NC2CC(C)(C)CC(C)(C)C2)C1. The fraction of sp³-hybridized carbons (Fsp3) is 0.944. The maximum absolute atomic E-state index is 12.6. The van der Waals surface area contributed by atoms with Gasteiger partial charge in [-0.3, -0.25) is 4.79 Å². The van der Waals surface area contributed by atoms with E-state index in [-0.39, 0.29) is 11.9 Å². The molecule has 0 bridgehead atoms. The minimum absolute atomic E-state index is 0.0249. The molecule has 1 saturated heterocycles. The smallest absolute Gasteiger partial charge is 0.237 e. The Bertz CT molecular complexity index is 359. The van der Waals surface area contributed by atoms with Crippen molar-refractivity contribution >= 4 is 5.91 Å². The standard InChI is InChI=1S/C18H34N2O/c1-6-13-7-8-19-15(9-13)16(21)20-14-10-17(2,3)12-18(4,5)11-14/h13-15,19H,6-12H2,1-5H3,(H,20,21). The van der Waals surface area contributed by atoms with Crippen LogP contribution in [0.25, 0.3) is 0 Å². The van der Waals surface area contributed by atoms with E-state index in [0.29, 0.717) is 22.8 Å². The van der Waals surface area contributed by atoms with Crippen molar-refractivity contribution in [2.75, 3.05) is 6.54 Å². The number of rotatable bonds is 3. The van der Waals surface area contributed by atoms with E-state index >= 15 is 0 Å². The summed E-state index contributed by atoms with van der Waals surface area (Å²) in [6.45, 7) is 12.5. The molecule has 2 N–H and O–H groups in total. The van der Waals surface area contributed by atoms with Crippen molar-refractivity contribution in [1.82, 2.24) is 10.6 Å². The molecule has 3 nitrogen and oxygen atoms in total. The quantitative estimate of drug-likeness (QED) is 0.836. The molecule has 1 saturated carbocycles. The second-order valence-electron chi connectivity index (χ2n) is 8.92. The van der Waals surface area contributed by atoms with Crippen LogP contribution in [-0.4, -0.2) is 24.5 Å². The summed E-state index contributed by atoms with van der Waals surface area (Å²) in [4.78, 5) is 12.6. The van der Waals surface area contributed by atoms with Crippen LogP contribution in [0.5, 0.6) is 0 Å². The van der Waals surface area contributed by atoms with Gasteiger partial charge in [-0.25, -0.2) is 0 Å². The lowest BCUT2D eigenvalue weighted by Crippen LogP contribution is -2.53. The molecule has 0 spiro atoms. The van der Waals surface area contributed by atoms with E-state index in [1.54, 1.807) is 0 Å². The Balaban J connectivity index is 1.92. The van der Waals surface area contributed by atoms with E-state index in [4.69, 9.17) is 0 Å². The zero-order chi connectivity index (χ0) is 15.7. The number of hydrogen-bond acceptors (Lipinski definition) is 2. The monoisotopic (exact) mass is 294 g/mol. The molecule has 1 aliphatic carbocycles. The van der Waals surface area contributed by atoms with Gasteiger partial charge in [0.15, 0.2) is 0 Å². The molecule has 2 unspecified atom stereocenters. The summed E-state index contributed by atoms with van der Waals surface area (Å²) in [7, 11) is 0. The third-order valence-corrected chi connectivity index (χ3v) is 5.31. The number of carbonyl (C=O) groups is 1. The highest BCUT2D eigenvalue weighted by Crippen LogP contribution is 2.45. The first-order valence-electron chi connectivity index (χ1n) is 8.74. The van der Waals surface area contributed by atoms with Crippen LogP contribution in [0.2, 0.25) is 0 Å². The van der Waals surface area contributed by atoms with Crippen LogP contribution in [0.1, 0.15) is 73.1 Å². The summed E-state index contributed by atoms with van der Waals surface area (Å²) in [6.07, 6.45) is 6.85. The van der Waals surface area contributed by atoms with Gasteiger partial charge in [-0.15, -0.1) is 0 Å². The van der Waals surface area contributed by atoms with Crippen LogP contribution in [0.4, 0.5) is 0 Å². The number of amides is 1. The van der Waals surface area contributed by atoms with E-state index in [1.807, 2.05) is 0 Å². The van der Waals surface area contributed by atoms with E-state index in [2.05, 4.69) is 45.3 Å². The molecule has 3 heteroatoms. The first-order valence-corrected chi connectivity index (χ1v) is 8.74. The van der Waals surface area contributed by atoms with E-state index in [0.717, 1.165) is 25.8 Å². The van der Waals surface area contributed by atoms with Crippen molar-refractivity contribution in [3.8, 4) is 0 Å². The predicted molar refractivity (Wildman–Crippen MR) is 88.1 cm³/mol. The second-order valence-corrected chi connectivity index (χ2v) is 8.92. The van der Waals surface area contributed by atoms with Gasteiger partial charge in [0.2, 0.25) is 5.91 Å². The van der Waals surface area contributed by atoms with Crippen LogP contribution in [0, 0.1) is 16.7 Å². The van der Waals surface area contributed by atoms with E-state index < -0.39 is 0 Å². The van der Waals surface area contributed by atoms with Gasteiger partial charge in [0.05, 0.1) is 6.04 Å². The van der Waals surface area contributed by atoms with Crippen LogP contribution < -0.4 is 10.6 Å². The molecule has 21 heavy (non-hydrogen) atoms. The van der Waals surface area contributed by atoms with Gasteiger partial charge < -0.3 is 10.6 Å². The minimum atomic E-state index is 0.0249. The molecular weight excluding hydrogens is 260 g/mol. The molecule has 2 fully saturated rings. The fourth-order valence-electron chi connectivity index (χ4n) is 4.82. The summed E-state index contributed by atoms with van der Waals surface area (Å²) in [5.41, 5.74) is 0.650. The van der Waals surface area contributed by atoms with Crippen molar-refractivity contribution in [1.29, 1.82) is 0 Å². The first-order chi connectivity index (χ1) is 9.71. The molecule has 0 aromatic heterocycles. The number of nitrogens with one attached hydrogen (secondary N) is 2. The predicted octanol–water partition coefficient (Wildman–Crippen LogP) is 3.49. The van der Waals surface area contributed by atoms with Crippen molar-refractivity contribution < 1.29 is 4.79 Å².